The van der Waals surface area contributed by atoms with E-state index in [2.05, 4.69) is 15.5 Å². The van der Waals surface area contributed by atoms with Gasteiger partial charge in [-0.3, -0.25) is 0 Å². The van der Waals surface area contributed by atoms with E-state index in [0.717, 1.165) is 22.7 Å². The van der Waals surface area contributed by atoms with E-state index in [4.69, 9.17) is 13.9 Å². The summed E-state index contributed by atoms with van der Waals surface area (Å²) in [6.45, 7) is 3.12. The van der Waals surface area contributed by atoms with Crippen LogP contribution >= 0.6 is 0 Å². The van der Waals surface area contributed by atoms with Gasteiger partial charge in [-0.25, -0.2) is 0 Å². The van der Waals surface area contributed by atoms with Crippen LogP contribution in [-0.4, -0.2) is 23.4 Å². The van der Waals surface area contributed by atoms with Crippen molar-refractivity contribution in [3.8, 4) is 23.0 Å². The first-order valence-electron chi connectivity index (χ1n) is 7.84. The number of hydrogen-bond donors (Lipinski definition) is 1. The van der Waals surface area contributed by atoms with Gasteiger partial charge in [0.25, 0.3) is 0 Å². The molecule has 0 saturated heterocycles. The van der Waals surface area contributed by atoms with Crippen LogP contribution in [0, 0.1) is 0 Å². The van der Waals surface area contributed by atoms with Gasteiger partial charge in [0.15, 0.2) is 11.5 Å². The van der Waals surface area contributed by atoms with Crippen LogP contribution in [-0.2, 0) is 0 Å². The minimum Gasteiger partial charge on any atom is -0.486 e. The molecule has 2 heterocycles. The second-order valence-corrected chi connectivity index (χ2v) is 5.54. The number of anilines is 1. The Morgan fingerprint density at radius 1 is 0.958 bits per heavy atom. The molecule has 0 radical (unpaired) electrons. The molecule has 1 aliphatic rings. The van der Waals surface area contributed by atoms with E-state index in [0.29, 0.717) is 25.0 Å². The predicted molar refractivity (Wildman–Crippen MR) is 89.2 cm³/mol. The van der Waals surface area contributed by atoms with Gasteiger partial charge in [0.05, 0.1) is 0 Å². The van der Waals surface area contributed by atoms with Gasteiger partial charge in [-0.05, 0) is 31.2 Å². The maximum atomic E-state index is 5.78. The lowest BCUT2D eigenvalue weighted by Gasteiger charge is -2.20. The molecule has 3 aromatic rings. The molecule has 1 atom stereocenters. The Labute approximate surface area is 139 Å². The first-order chi connectivity index (χ1) is 11.8. The number of nitrogens with zero attached hydrogens (tertiary/aromatic N) is 2. The SMILES string of the molecule is C[C@H](Nc1ccc2c(c1)OCCO2)c1nnc(-c2ccccc2)o1. The molecule has 1 aliphatic heterocycles. The fourth-order valence-corrected chi connectivity index (χ4v) is 2.55. The molecule has 0 amide bonds. The summed E-state index contributed by atoms with van der Waals surface area (Å²) in [5.74, 6) is 2.56. The Balaban J connectivity index is 1.50. The van der Waals surface area contributed by atoms with Crippen LogP contribution in [0.2, 0.25) is 0 Å². The van der Waals surface area contributed by atoms with E-state index in [9.17, 15) is 0 Å². The maximum Gasteiger partial charge on any atom is 0.247 e. The lowest BCUT2D eigenvalue weighted by Crippen LogP contribution is -2.15. The zero-order chi connectivity index (χ0) is 16.4. The molecule has 4 rings (SSSR count). The Kier molecular flexibility index (Phi) is 3.78. The van der Waals surface area contributed by atoms with Crippen LogP contribution in [0.25, 0.3) is 11.5 Å². The molecule has 122 valence electrons. The molecule has 1 aromatic heterocycles. The second-order valence-electron chi connectivity index (χ2n) is 5.54. The van der Waals surface area contributed by atoms with Crippen molar-refractivity contribution in [2.45, 2.75) is 13.0 Å². The molecule has 2 aromatic carbocycles. The van der Waals surface area contributed by atoms with Crippen molar-refractivity contribution in [3.05, 3.63) is 54.4 Å². The highest BCUT2D eigenvalue weighted by Gasteiger charge is 2.17. The number of benzene rings is 2. The van der Waals surface area contributed by atoms with Crippen LogP contribution in [0.3, 0.4) is 0 Å². The summed E-state index contributed by atoms with van der Waals surface area (Å²) >= 11 is 0. The Bertz CT molecular complexity index is 833. The van der Waals surface area contributed by atoms with Crippen LogP contribution in [0.4, 0.5) is 5.69 Å². The Morgan fingerprint density at radius 3 is 2.58 bits per heavy atom. The number of fused-ring (bicyclic) bond motifs is 1. The summed E-state index contributed by atoms with van der Waals surface area (Å²) in [5.41, 5.74) is 1.81. The van der Waals surface area contributed by atoms with Crippen molar-refractivity contribution in [3.63, 3.8) is 0 Å². The average molecular weight is 323 g/mol. The quantitative estimate of drug-likeness (QED) is 0.790. The minimum absolute atomic E-state index is 0.127. The third kappa shape index (κ3) is 2.90. The maximum absolute atomic E-state index is 5.78. The third-order valence-corrected chi connectivity index (χ3v) is 3.76. The summed E-state index contributed by atoms with van der Waals surface area (Å²) in [6, 6.07) is 15.3. The highest BCUT2D eigenvalue weighted by Crippen LogP contribution is 2.33. The smallest absolute Gasteiger partial charge is 0.247 e. The largest absolute Gasteiger partial charge is 0.486 e. The van der Waals surface area contributed by atoms with E-state index in [1.807, 2.05) is 55.5 Å². The van der Waals surface area contributed by atoms with Gasteiger partial charge in [0, 0.05) is 17.3 Å². The fraction of sp³-hybridized carbons (Fsp3) is 0.222. The molecule has 0 fully saturated rings. The summed E-state index contributed by atoms with van der Waals surface area (Å²) in [5, 5.41) is 11.6. The summed E-state index contributed by atoms with van der Waals surface area (Å²) in [4.78, 5) is 0. The highest BCUT2D eigenvalue weighted by atomic mass is 16.6. The lowest BCUT2D eigenvalue weighted by molar-refractivity contribution is 0.171. The summed E-state index contributed by atoms with van der Waals surface area (Å²) < 4.78 is 16.9. The minimum atomic E-state index is -0.127. The monoisotopic (exact) mass is 323 g/mol. The number of aromatic nitrogens is 2. The molecular formula is C18H17N3O3. The van der Waals surface area contributed by atoms with Gasteiger partial charge in [-0.2, -0.15) is 0 Å². The molecule has 24 heavy (non-hydrogen) atoms. The van der Waals surface area contributed by atoms with E-state index < -0.39 is 0 Å². The van der Waals surface area contributed by atoms with Crippen LogP contribution in [0.1, 0.15) is 18.9 Å². The number of nitrogens with one attached hydrogen (secondary N) is 1. The van der Waals surface area contributed by atoms with Gasteiger partial charge in [-0.1, -0.05) is 18.2 Å². The van der Waals surface area contributed by atoms with Crippen molar-refractivity contribution in [1.82, 2.24) is 10.2 Å². The molecule has 0 saturated carbocycles. The van der Waals surface area contributed by atoms with Crippen molar-refractivity contribution >= 4 is 5.69 Å². The topological polar surface area (TPSA) is 69.4 Å². The Hall–Kier alpha value is -3.02. The van der Waals surface area contributed by atoms with Gasteiger partial charge in [-0.15, -0.1) is 10.2 Å². The summed E-state index contributed by atoms with van der Waals surface area (Å²) in [7, 11) is 0. The highest BCUT2D eigenvalue weighted by molar-refractivity contribution is 5.56. The van der Waals surface area contributed by atoms with Crippen LogP contribution in [0.5, 0.6) is 11.5 Å². The number of rotatable bonds is 4. The van der Waals surface area contributed by atoms with Gasteiger partial charge < -0.3 is 19.2 Å². The van der Waals surface area contributed by atoms with Crippen molar-refractivity contribution in [2.75, 3.05) is 18.5 Å². The first-order valence-corrected chi connectivity index (χ1v) is 7.84. The van der Waals surface area contributed by atoms with Crippen molar-refractivity contribution in [1.29, 1.82) is 0 Å². The normalized spacial score (nSPS) is 14.2. The molecule has 0 bridgehead atoms. The number of hydrogen-bond acceptors (Lipinski definition) is 6. The zero-order valence-electron chi connectivity index (χ0n) is 13.2. The summed E-state index contributed by atoms with van der Waals surface area (Å²) in [6.07, 6.45) is 0. The van der Waals surface area contributed by atoms with Crippen molar-refractivity contribution in [2.24, 2.45) is 0 Å². The second kappa shape index (κ2) is 6.23. The molecule has 6 heteroatoms. The predicted octanol–water partition coefficient (Wildman–Crippen LogP) is 3.68. The molecule has 6 nitrogen and oxygen atoms in total. The van der Waals surface area contributed by atoms with Crippen LogP contribution < -0.4 is 14.8 Å². The van der Waals surface area contributed by atoms with Crippen molar-refractivity contribution < 1.29 is 13.9 Å². The van der Waals surface area contributed by atoms with E-state index in [1.54, 1.807) is 0 Å². The van der Waals surface area contributed by atoms with E-state index >= 15 is 0 Å². The average Bonchev–Trinajstić information content (AvgIpc) is 3.13. The van der Waals surface area contributed by atoms with Gasteiger partial charge in [0.2, 0.25) is 11.8 Å². The van der Waals surface area contributed by atoms with Crippen LogP contribution in [0.15, 0.2) is 52.9 Å². The van der Waals surface area contributed by atoms with Gasteiger partial charge >= 0.3 is 0 Å². The Morgan fingerprint density at radius 2 is 1.75 bits per heavy atom. The first kappa shape index (κ1) is 14.6. The molecular weight excluding hydrogens is 306 g/mol. The van der Waals surface area contributed by atoms with E-state index in [1.165, 1.54) is 0 Å². The zero-order valence-corrected chi connectivity index (χ0v) is 13.2. The molecule has 0 aliphatic carbocycles. The number of ether oxygens (including phenoxy) is 2. The standard InChI is InChI=1S/C18H17N3O3/c1-12(17-20-21-18(24-17)13-5-3-2-4-6-13)19-14-7-8-15-16(11-14)23-10-9-22-15/h2-8,11-12,19H,9-10H2,1H3/t12-/m0/s1. The molecule has 0 spiro atoms. The van der Waals surface area contributed by atoms with Gasteiger partial charge in [0.1, 0.15) is 19.3 Å². The lowest BCUT2D eigenvalue weighted by atomic mass is 10.2. The molecule has 0 unspecified atom stereocenters. The third-order valence-electron chi connectivity index (χ3n) is 3.76. The fourth-order valence-electron chi connectivity index (χ4n) is 2.55. The van der Waals surface area contributed by atoms with E-state index in [-0.39, 0.29) is 6.04 Å². The molecule has 1 N–H and O–H groups in total.